The second-order valence-corrected chi connectivity index (χ2v) is 8.14. The summed E-state index contributed by atoms with van der Waals surface area (Å²) in [6.45, 7) is 3.88. The maximum atomic E-state index is 13.3. The van der Waals surface area contributed by atoms with Crippen LogP contribution in [0.2, 0.25) is 0 Å². The van der Waals surface area contributed by atoms with Crippen LogP contribution in [0.4, 0.5) is 0 Å². The van der Waals surface area contributed by atoms with Crippen LogP contribution in [-0.4, -0.2) is 25.3 Å². The molecule has 0 amide bonds. The highest BCUT2D eigenvalue weighted by molar-refractivity contribution is 9.10. The molecule has 132 valence electrons. The number of benzene rings is 2. The SMILES string of the molecule is COC1Oc2cc(OC(C)C)c(Br)cc2C(=O)C1(Br)c1ccccc1. The molecular weight excluding hydrogens is 452 g/mol. The molecule has 0 bridgehead atoms. The lowest BCUT2D eigenvalue weighted by molar-refractivity contribution is -0.0771. The Hall–Kier alpha value is -1.37. The molecule has 2 aromatic rings. The van der Waals surface area contributed by atoms with E-state index in [4.69, 9.17) is 14.2 Å². The number of carbonyl (C=O) groups is 1. The number of methoxy groups -OCH3 is 1. The number of halogens is 2. The van der Waals surface area contributed by atoms with E-state index in [0.29, 0.717) is 21.5 Å². The Morgan fingerprint density at radius 2 is 1.88 bits per heavy atom. The van der Waals surface area contributed by atoms with Crippen LogP contribution in [0.25, 0.3) is 0 Å². The standard InChI is InChI=1S/C19H18Br2O4/c1-11(2)24-16-10-15-13(9-14(16)20)17(22)19(21,18(23-3)25-15)12-7-5-4-6-8-12/h4-11,18H,1-3H3. The maximum absolute atomic E-state index is 13.3. The van der Waals surface area contributed by atoms with E-state index in [9.17, 15) is 4.79 Å². The van der Waals surface area contributed by atoms with E-state index >= 15 is 0 Å². The minimum absolute atomic E-state index is 0.00597. The van der Waals surface area contributed by atoms with Gasteiger partial charge in [-0.3, -0.25) is 4.79 Å². The van der Waals surface area contributed by atoms with Crippen LogP contribution in [0.15, 0.2) is 46.9 Å². The summed E-state index contributed by atoms with van der Waals surface area (Å²) in [5.41, 5.74) is 1.24. The second kappa shape index (κ2) is 7.09. The Morgan fingerprint density at radius 1 is 1.20 bits per heavy atom. The Kier molecular flexibility index (Phi) is 5.23. The van der Waals surface area contributed by atoms with Crippen LogP contribution < -0.4 is 9.47 Å². The van der Waals surface area contributed by atoms with Crippen LogP contribution >= 0.6 is 31.9 Å². The molecule has 1 heterocycles. The smallest absolute Gasteiger partial charge is 0.226 e. The first-order valence-corrected chi connectivity index (χ1v) is 9.45. The summed E-state index contributed by atoms with van der Waals surface area (Å²) in [6.07, 6.45) is -0.797. The van der Waals surface area contributed by atoms with Gasteiger partial charge in [0.05, 0.1) is 16.1 Å². The fourth-order valence-electron chi connectivity index (χ4n) is 2.81. The van der Waals surface area contributed by atoms with Crippen LogP contribution in [-0.2, 0) is 9.06 Å². The number of alkyl halides is 1. The van der Waals surface area contributed by atoms with Crippen LogP contribution in [0, 0.1) is 0 Å². The number of ketones is 1. The maximum Gasteiger partial charge on any atom is 0.226 e. The highest BCUT2D eigenvalue weighted by Gasteiger charge is 2.52. The van der Waals surface area contributed by atoms with Gasteiger partial charge in [-0.15, -0.1) is 0 Å². The van der Waals surface area contributed by atoms with Gasteiger partial charge < -0.3 is 14.2 Å². The van der Waals surface area contributed by atoms with Crippen molar-refractivity contribution in [2.24, 2.45) is 0 Å². The summed E-state index contributed by atoms with van der Waals surface area (Å²) in [5.74, 6) is 0.948. The first-order chi connectivity index (χ1) is 11.9. The highest BCUT2D eigenvalue weighted by Crippen LogP contribution is 2.48. The predicted molar refractivity (Wildman–Crippen MR) is 103 cm³/mol. The molecule has 0 spiro atoms. The predicted octanol–water partition coefficient (Wildman–Crippen LogP) is 5.07. The first kappa shape index (κ1) is 18.4. The summed E-state index contributed by atoms with van der Waals surface area (Å²) in [4.78, 5) is 13.3. The van der Waals surface area contributed by atoms with Gasteiger partial charge in [-0.1, -0.05) is 46.3 Å². The Bertz CT molecular complexity index is 792. The van der Waals surface area contributed by atoms with Crippen molar-refractivity contribution in [3.63, 3.8) is 0 Å². The zero-order valence-electron chi connectivity index (χ0n) is 14.1. The van der Waals surface area contributed by atoms with Gasteiger partial charge in [0, 0.05) is 13.2 Å². The van der Waals surface area contributed by atoms with E-state index in [-0.39, 0.29) is 11.9 Å². The molecule has 2 aromatic carbocycles. The third-order valence-electron chi connectivity index (χ3n) is 3.94. The normalized spacial score (nSPS) is 22.5. The monoisotopic (exact) mass is 468 g/mol. The fourth-order valence-corrected chi connectivity index (χ4v) is 4.01. The number of rotatable bonds is 4. The molecule has 6 heteroatoms. The van der Waals surface area contributed by atoms with Crippen LogP contribution in [0.1, 0.15) is 29.8 Å². The quantitative estimate of drug-likeness (QED) is 0.586. The molecule has 0 radical (unpaired) electrons. The zero-order valence-corrected chi connectivity index (χ0v) is 17.3. The van der Waals surface area contributed by atoms with E-state index in [1.165, 1.54) is 7.11 Å². The number of ether oxygens (including phenoxy) is 3. The molecule has 4 nitrogen and oxygen atoms in total. The molecule has 0 fully saturated rings. The molecule has 0 saturated carbocycles. The number of hydrogen-bond donors (Lipinski definition) is 0. The zero-order chi connectivity index (χ0) is 18.2. The van der Waals surface area contributed by atoms with Gasteiger partial charge in [0.25, 0.3) is 0 Å². The number of Topliss-reactive ketones (excluding diaryl/α,β-unsaturated/α-hetero) is 1. The molecule has 0 aliphatic carbocycles. The van der Waals surface area contributed by atoms with Crippen molar-refractivity contribution in [2.75, 3.05) is 7.11 Å². The lowest BCUT2D eigenvalue weighted by atomic mass is 9.87. The molecule has 2 atom stereocenters. The Balaban J connectivity index is 2.11. The largest absolute Gasteiger partial charge is 0.490 e. The van der Waals surface area contributed by atoms with E-state index in [1.807, 2.05) is 44.2 Å². The molecule has 0 saturated heterocycles. The van der Waals surface area contributed by atoms with Crippen molar-refractivity contribution in [3.05, 3.63) is 58.1 Å². The minimum Gasteiger partial charge on any atom is -0.490 e. The highest BCUT2D eigenvalue weighted by atomic mass is 79.9. The average molecular weight is 470 g/mol. The van der Waals surface area contributed by atoms with Crippen molar-refractivity contribution < 1.29 is 19.0 Å². The molecule has 3 rings (SSSR count). The first-order valence-electron chi connectivity index (χ1n) is 7.86. The number of carbonyl (C=O) groups excluding carboxylic acids is 1. The van der Waals surface area contributed by atoms with Crippen molar-refractivity contribution >= 4 is 37.6 Å². The van der Waals surface area contributed by atoms with Gasteiger partial charge in [0.1, 0.15) is 11.5 Å². The molecule has 1 aliphatic rings. The Labute approximate surface area is 163 Å². The summed E-state index contributed by atoms with van der Waals surface area (Å²) in [7, 11) is 1.52. The second-order valence-electron chi connectivity index (χ2n) is 6.04. The third-order valence-corrected chi connectivity index (χ3v) is 5.75. The molecule has 1 aliphatic heterocycles. The van der Waals surface area contributed by atoms with E-state index in [0.717, 1.165) is 5.56 Å². The van der Waals surface area contributed by atoms with Gasteiger partial charge >= 0.3 is 0 Å². The van der Waals surface area contributed by atoms with Crippen LogP contribution in [0.3, 0.4) is 0 Å². The van der Waals surface area contributed by atoms with Crippen molar-refractivity contribution in [3.8, 4) is 11.5 Å². The van der Waals surface area contributed by atoms with Gasteiger partial charge in [0.2, 0.25) is 6.29 Å². The van der Waals surface area contributed by atoms with E-state index in [2.05, 4.69) is 31.9 Å². The van der Waals surface area contributed by atoms with Crippen molar-refractivity contribution in [1.29, 1.82) is 0 Å². The third kappa shape index (κ3) is 3.23. The van der Waals surface area contributed by atoms with E-state index < -0.39 is 10.6 Å². The fraction of sp³-hybridized carbons (Fsp3) is 0.316. The summed E-state index contributed by atoms with van der Waals surface area (Å²) in [6, 6.07) is 12.9. The molecule has 0 aromatic heterocycles. The molecule has 2 unspecified atom stereocenters. The lowest BCUT2D eigenvalue weighted by Crippen LogP contribution is -2.49. The van der Waals surface area contributed by atoms with Gasteiger partial charge in [-0.25, -0.2) is 0 Å². The number of fused-ring (bicyclic) bond motifs is 1. The van der Waals surface area contributed by atoms with Gasteiger partial charge in [-0.2, -0.15) is 0 Å². The summed E-state index contributed by atoms with van der Waals surface area (Å²) in [5, 5.41) is 0. The van der Waals surface area contributed by atoms with Crippen molar-refractivity contribution in [2.45, 2.75) is 30.6 Å². The summed E-state index contributed by atoms with van der Waals surface area (Å²) >= 11 is 7.08. The van der Waals surface area contributed by atoms with Crippen LogP contribution in [0.5, 0.6) is 11.5 Å². The lowest BCUT2D eigenvalue weighted by Gasteiger charge is -2.38. The van der Waals surface area contributed by atoms with Gasteiger partial charge in [-0.05, 0) is 41.4 Å². The van der Waals surface area contributed by atoms with Crippen molar-refractivity contribution in [1.82, 2.24) is 0 Å². The topological polar surface area (TPSA) is 44.8 Å². The number of hydrogen-bond acceptors (Lipinski definition) is 4. The molecule has 25 heavy (non-hydrogen) atoms. The Morgan fingerprint density at radius 3 is 2.48 bits per heavy atom. The average Bonchev–Trinajstić information content (AvgIpc) is 2.60. The van der Waals surface area contributed by atoms with Gasteiger partial charge in [0.15, 0.2) is 10.1 Å². The minimum atomic E-state index is -1.12. The molecule has 0 N–H and O–H groups in total. The summed E-state index contributed by atoms with van der Waals surface area (Å²) < 4.78 is 16.9. The van der Waals surface area contributed by atoms with E-state index in [1.54, 1.807) is 12.1 Å². The molecular formula is C19H18Br2O4.